The summed E-state index contributed by atoms with van der Waals surface area (Å²) in [5.74, 6) is -3.34. The molecule has 0 aliphatic carbocycles. The highest BCUT2D eigenvalue weighted by molar-refractivity contribution is 5.94. The molecule has 0 fully saturated rings. The van der Waals surface area contributed by atoms with Crippen LogP contribution in [0.2, 0.25) is 0 Å². The zero-order chi connectivity index (χ0) is 30.1. The van der Waals surface area contributed by atoms with Crippen LogP contribution < -0.4 is 21.7 Å². The van der Waals surface area contributed by atoms with Crippen molar-refractivity contribution in [3.8, 4) is 0 Å². The third-order valence-corrected chi connectivity index (χ3v) is 6.75. The number of fused-ring (bicyclic) bond motifs is 1. The molecule has 0 saturated carbocycles. The predicted octanol–water partition coefficient (Wildman–Crippen LogP) is 1.25. The van der Waals surface area contributed by atoms with Crippen LogP contribution in [0.1, 0.15) is 38.3 Å². The molecule has 41 heavy (non-hydrogen) atoms. The van der Waals surface area contributed by atoms with Gasteiger partial charge in [0.05, 0.1) is 12.1 Å². The second kappa shape index (κ2) is 14.4. The van der Waals surface area contributed by atoms with Crippen molar-refractivity contribution in [3.63, 3.8) is 0 Å². The minimum atomic E-state index is -1.55. The Morgan fingerprint density at radius 2 is 1.44 bits per heavy atom. The van der Waals surface area contributed by atoms with E-state index in [9.17, 15) is 29.4 Å². The molecular formula is C30H39N5O6. The number of H-pyrrole nitrogens is 1. The molecule has 1 heterocycles. The molecule has 5 unspecified atom stereocenters. The van der Waals surface area contributed by atoms with Gasteiger partial charge in [0.1, 0.15) is 12.1 Å². The van der Waals surface area contributed by atoms with E-state index in [1.165, 1.54) is 6.92 Å². The number of nitrogens with two attached hydrogens (primary N) is 1. The molecule has 0 bridgehead atoms. The van der Waals surface area contributed by atoms with E-state index in [0.29, 0.717) is 0 Å². The number of hydrogen-bond acceptors (Lipinski definition) is 6. The van der Waals surface area contributed by atoms with Gasteiger partial charge in [-0.1, -0.05) is 62.4 Å². The van der Waals surface area contributed by atoms with Gasteiger partial charge in [-0.15, -0.1) is 0 Å². The van der Waals surface area contributed by atoms with Gasteiger partial charge in [-0.05, 0) is 42.9 Å². The average molecular weight is 566 g/mol. The monoisotopic (exact) mass is 565 g/mol. The smallest absolute Gasteiger partial charge is 0.328 e. The Hall–Kier alpha value is -4.22. The van der Waals surface area contributed by atoms with Gasteiger partial charge in [0.2, 0.25) is 17.7 Å². The van der Waals surface area contributed by atoms with Crippen molar-refractivity contribution in [2.75, 3.05) is 0 Å². The van der Waals surface area contributed by atoms with Crippen LogP contribution in [0.25, 0.3) is 10.9 Å². The predicted molar refractivity (Wildman–Crippen MR) is 155 cm³/mol. The Kier molecular flexibility index (Phi) is 11.0. The Morgan fingerprint density at radius 3 is 2.07 bits per heavy atom. The lowest BCUT2D eigenvalue weighted by Crippen LogP contribution is -2.59. The second-order valence-electron chi connectivity index (χ2n) is 10.7. The summed E-state index contributed by atoms with van der Waals surface area (Å²) in [6, 6.07) is 12.1. The number of aromatic amines is 1. The van der Waals surface area contributed by atoms with Crippen LogP contribution in [0.15, 0.2) is 60.8 Å². The molecule has 0 aliphatic heterocycles. The van der Waals surface area contributed by atoms with Gasteiger partial charge in [0, 0.05) is 23.5 Å². The molecule has 3 amide bonds. The first kappa shape index (κ1) is 31.3. The lowest BCUT2D eigenvalue weighted by Gasteiger charge is -2.26. The molecule has 3 aromatic rings. The van der Waals surface area contributed by atoms with Crippen LogP contribution in [0, 0.1) is 5.92 Å². The van der Waals surface area contributed by atoms with Crippen LogP contribution in [0.5, 0.6) is 0 Å². The summed E-state index contributed by atoms with van der Waals surface area (Å²) in [5.41, 5.74) is 8.84. The highest BCUT2D eigenvalue weighted by Crippen LogP contribution is 2.19. The number of para-hydroxylation sites is 1. The van der Waals surface area contributed by atoms with Crippen LogP contribution in [0.4, 0.5) is 0 Å². The lowest BCUT2D eigenvalue weighted by molar-refractivity contribution is -0.145. The van der Waals surface area contributed by atoms with Gasteiger partial charge in [-0.25, -0.2) is 4.79 Å². The number of carbonyl (C=O) groups is 4. The van der Waals surface area contributed by atoms with E-state index in [-0.39, 0.29) is 25.2 Å². The summed E-state index contributed by atoms with van der Waals surface area (Å²) in [6.45, 7) is 4.95. The second-order valence-corrected chi connectivity index (χ2v) is 10.7. The minimum Gasteiger partial charge on any atom is -0.480 e. The number of aliphatic carboxylic acids is 1. The highest BCUT2D eigenvalue weighted by atomic mass is 16.4. The number of carbonyl (C=O) groups excluding carboxylic acids is 3. The number of benzene rings is 2. The van der Waals surface area contributed by atoms with Gasteiger partial charge < -0.3 is 36.9 Å². The Bertz CT molecular complexity index is 1340. The summed E-state index contributed by atoms with van der Waals surface area (Å²) in [5, 5.41) is 27.8. The fourth-order valence-electron chi connectivity index (χ4n) is 4.59. The van der Waals surface area contributed by atoms with E-state index in [4.69, 9.17) is 5.73 Å². The van der Waals surface area contributed by atoms with E-state index in [0.717, 1.165) is 22.0 Å². The van der Waals surface area contributed by atoms with Crippen molar-refractivity contribution in [3.05, 3.63) is 71.9 Å². The van der Waals surface area contributed by atoms with Gasteiger partial charge >= 0.3 is 5.97 Å². The highest BCUT2D eigenvalue weighted by Gasteiger charge is 2.32. The molecule has 8 N–H and O–H groups in total. The number of hydrogen-bond donors (Lipinski definition) is 7. The first-order valence-corrected chi connectivity index (χ1v) is 13.6. The van der Waals surface area contributed by atoms with Gasteiger partial charge in [0.25, 0.3) is 0 Å². The van der Waals surface area contributed by atoms with Gasteiger partial charge in [-0.2, -0.15) is 0 Å². The number of rotatable bonds is 14. The first-order chi connectivity index (χ1) is 19.5. The number of aliphatic hydroxyl groups is 1. The van der Waals surface area contributed by atoms with E-state index >= 15 is 0 Å². The number of nitrogens with one attached hydrogen (secondary N) is 4. The van der Waals surface area contributed by atoms with Crippen molar-refractivity contribution in [1.29, 1.82) is 0 Å². The summed E-state index contributed by atoms with van der Waals surface area (Å²) in [4.78, 5) is 54.4. The van der Waals surface area contributed by atoms with Crippen LogP contribution in [-0.2, 0) is 32.0 Å². The fraction of sp³-hybridized carbons (Fsp3) is 0.400. The summed E-state index contributed by atoms with van der Waals surface area (Å²) >= 11 is 0. The average Bonchev–Trinajstić information content (AvgIpc) is 3.33. The molecule has 2 aromatic carbocycles. The molecule has 5 atom stereocenters. The number of carboxylic acid groups (broad SMARTS) is 1. The van der Waals surface area contributed by atoms with Crippen molar-refractivity contribution < 1.29 is 29.4 Å². The quantitative estimate of drug-likeness (QED) is 0.153. The molecule has 0 aliphatic rings. The van der Waals surface area contributed by atoms with Crippen LogP contribution in [0.3, 0.4) is 0 Å². The molecule has 0 radical (unpaired) electrons. The first-order valence-electron chi connectivity index (χ1n) is 13.6. The Labute approximate surface area is 238 Å². The maximum absolute atomic E-state index is 13.5. The largest absolute Gasteiger partial charge is 0.480 e. The summed E-state index contributed by atoms with van der Waals surface area (Å²) in [7, 11) is 0. The van der Waals surface area contributed by atoms with E-state index in [2.05, 4.69) is 20.9 Å². The SMILES string of the molecule is CC(C)CC(NC(=O)C(Cc1ccccc1)NC(=O)C(N)Cc1c[nH]c2ccccc12)C(=O)NC(C(=O)O)C(C)O. The van der Waals surface area contributed by atoms with Crippen molar-refractivity contribution >= 4 is 34.6 Å². The van der Waals surface area contributed by atoms with Gasteiger partial charge in [-0.3, -0.25) is 14.4 Å². The molecule has 1 aromatic heterocycles. The Morgan fingerprint density at radius 1 is 0.829 bits per heavy atom. The van der Waals surface area contributed by atoms with Gasteiger partial charge in [0.15, 0.2) is 6.04 Å². The van der Waals surface area contributed by atoms with E-state index in [1.54, 1.807) is 6.20 Å². The maximum atomic E-state index is 13.5. The van der Waals surface area contributed by atoms with Crippen molar-refractivity contribution in [1.82, 2.24) is 20.9 Å². The maximum Gasteiger partial charge on any atom is 0.328 e. The lowest BCUT2D eigenvalue weighted by atomic mass is 10.00. The van der Waals surface area contributed by atoms with E-state index < -0.39 is 54.0 Å². The third kappa shape index (κ3) is 8.89. The van der Waals surface area contributed by atoms with E-state index in [1.807, 2.05) is 68.4 Å². The number of aromatic nitrogens is 1. The number of carboxylic acids is 1. The number of amides is 3. The standard InChI is InChI=1S/C30H39N5O6/c1-17(2)13-24(29(39)35-26(18(3)36)30(40)41)34-28(38)25(14-19-9-5-4-6-10-19)33-27(37)22(31)15-20-16-32-23-12-8-7-11-21(20)23/h4-12,16-18,22,24-26,32,36H,13-15,31H2,1-3H3,(H,33,37)(H,34,38)(H,35,39)(H,40,41). The Balaban J connectivity index is 1.77. The van der Waals surface area contributed by atoms with Crippen LogP contribution in [-0.4, -0.2) is 69.2 Å². The zero-order valence-electron chi connectivity index (χ0n) is 23.5. The summed E-state index contributed by atoms with van der Waals surface area (Å²) in [6.07, 6.45) is 1.04. The fourth-order valence-corrected chi connectivity index (χ4v) is 4.59. The third-order valence-electron chi connectivity index (χ3n) is 6.75. The molecule has 220 valence electrons. The topological polar surface area (TPSA) is 187 Å². The van der Waals surface area contributed by atoms with Crippen molar-refractivity contribution in [2.24, 2.45) is 11.7 Å². The minimum absolute atomic E-state index is 0.0346. The molecule has 0 saturated heterocycles. The molecule has 11 heteroatoms. The molecule has 11 nitrogen and oxygen atoms in total. The molecular weight excluding hydrogens is 526 g/mol. The number of aliphatic hydroxyl groups excluding tert-OH is 1. The normalized spacial score (nSPS) is 15.0. The molecule has 3 rings (SSSR count). The molecule has 0 spiro atoms. The van der Waals surface area contributed by atoms with Crippen molar-refractivity contribution in [2.45, 2.75) is 70.3 Å². The summed E-state index contributed by atoms with van der Waals surface area (Å²) < 4.78 is 0. The zero-order valence-corrected chi connectivity index (χ0v) is 23.5. The van der Waals surface area contributed by atoms with Crippen LogP contribution >= 0.6 is 0 Å².